The van der Waals surface area contributed by atoms with Crippen molar-refractivity contribution in [3.63, 3.8) is 0 Å². The largest absolute Gasteiger partial charge is 0.343 e. The Hall–Kier alpha value is -2.06. The molecule has 0 fully saturated rings. The fraction of sp³-hybridized carbons (Fsp3) is 0.111. The van der Waals surface area contributed by atoms with Gasteiger partial charge in [-0.05, 0) is 47.0 Å². The molecule has 0 saturated heterocycles. The van der Waals surface area contributed by atoms with Crippen molar-refractivity contribution in [1.82, 2.24) is 4.57 Å². The molecular formula is C18H15NS. The van der Waals surface area contributed by atoms with E-state index in [1.165, 1.54) is 32.1 Å². The Balaban J connectivity index is 1.83. The molecule has 20 heavy (non-hydrogen) atoms. The first-order chi connectivity index (χ1) is 9.83. The highest BCUT2D eigenvalue weighted by Gasteiger charge is 2.07. The van der Waals surface area contributed by atoms with Crippen molar-refractivity contribution in [3.05, 3.63) is 71.2 Å². The first kappa shape index (κ1) is 11.7. The molecule has 0 aliphatic carbocycles. The molecule has 0 spiro atoms. The Kier molecular flexibility index (Phi) is 2.64. The quantitative estimate of drug-likeness (QED) is 0.474. The average Bonchev–Trinajstić information content (AvgIpc) is 3.06. The summed E-state index contributed by atoms with van der Waals surface area (Å²) in [5.41, 5.74) is 4.07. The molecule has 4 rings (SSSR count). The second kappa shape index (κ2) is 4.50. The number of aryl methyl sites for hydroxylation is 1. The van der Waals surface area contributed by atoms with Crippen LogP contribution >= 0.6 is 11.3 Å². The Morgan fingerprint density at radius 3 is 2.80 bits per heavy atom. The predicted molar refractivity (Wildman–Crippen MR) is 87.6 cm³/mol. The Morgan fingerprint density at radius 2 is 1.85 bits per heavy atom. The SMILES string of the molecule is Cc1cccc2c1ccn2Cc1csc2ccccc12. The Labute approximate surface area is 122 Å². The Morgan fingerprint density at radius 1 is 0.950 bits per heavy atom. The van der Waals surface area contributed by atoms with E-state index in [-0.39, 0.29) is 0 Å². The third kappa shape index (κ3) is 1.76. The molecule has 98 valence electrons. The van der Waals surface area contributed by atoms with Gasteiger partial charge in [0.05, 0.1) is 0 Å². The van der Waals surface area contributed by atoms with E-state index in [2.05, 4.69) is 71.6 Å². The van der Waals surface area contributed by atoms with Gasteiger partial charge in [-0.2, -0.15) is 0 Å². The summed E-state index contributed by atoms with van der Waals surface area (Å²) in [7, 11) is 0. The van der Waals surface area contributed by atoms with Crippen LogP contribution in [0, 0.1) is 6.92 Å². The molecular weight excluding hydrogens is 262 g/mol. The number of thiophene rings is 1. The lowest BCUT2D eigenvalue weighted by atomic mass is 10.1. The van der Waals surface area contributed by atoms with Gasteiger partial charge in [0.2, 0.25) is 0 Å². The fourth-order valence-electron chi connectivity index (χ4n) is 2.85. The summed E-state index contributed by atoms with van der Waals surface area (Å²) in [5, 5.41) is 5.02. The van der Waals surface area contributed by atoms with Crippen LogP contribution in [0.5, 0.6) is 0 Å². The number of hydrogen-bond acceptors (Lipinski definition) is 1. The first-order valence-electron chi connectivity index (χ1n) is 6.82. The first-order valence-corrected chi connectivity index (χ1v) is 7.70. The maximum atomic E-state index is 2.34. The zero-order valence-electron chi connectivity index (χ0n) is 11.3. The minimum atomic E-state index is 0.941. The molecule has 0 atom stereocenters. The second-order valence-corrected chi connectivity index (χ2v) is 6.12. The van der Waals surface area contributed by atoms with Crippen molar-refractivity contribution in [2.24, 2.45) is 0 Å². The number of nitrogens with zero attached hydrogens (tertiary/aromatic N) is 1. The van der Waals surface area contributed by atoms with E-state index in [1.54, 1.807) is 0 Å². The van der Waals surface area contributed by atoms with E-state index in [9.17, 15) is 0 Å². The molecule has 4 aromatic rings. The highest BCUT2D eigenvalue weighted by atomic mass is 32.1. The summed E-state index contributed by atoms with van der Waals surface area (Å²) >= 11 is 1.83. The van der Waals surface area contributed by atoms with Crippen molar-refractivity contribution in [2.75, 3.05) is 0 Å². The molecule has 1 nitrogen and oxygen atoms in total. The van der Waals surface area contributed by atoms with Gasteiger partial charge in [0, 0.05) is 28.3 Å². The minimum absolute atomic E-state index is 0.941. The lowest BCUT2D eigenvalue weighted by Crippen LogP contribution is -1.96. The van der Waals surface area contributed by atoms with Crippen molar-refractivity contribution in [1.29, 1.82) is 0 Å². The molecule has 2 heteroatoms. The number of aromatic nitrogens is 1. The average molecular weight is 277 g/mol. The van der Waals surface area contributed by atoms with E-state index >= 15 is 0 Å². The van der Waals surface area contributed by atoms with Crippen LogP contribution in [0.1, 0.15) is 11.1 Å². The van der Waals surface area contributed by atoms with Crippen LogP contribution < -0.4 is 0 Å². The molecule has 0 bridgehead atoms. The van der Waals surface area contributed by atoms with Gasteiger partial charge in [-0.25, -0.2) is 0 Å². The second-order valence-electron chi connectivity index (χ2n) is 5.21. The summed E-state index contributed by atoms with van der Waals surface area (Å²) in [6.45, 7) is 3.11. The van der Waals surface area contributed by atoms with E-state index < -0.39 is 0 Å². The van der Waals surface area contributed by atoms with Gasteiger partial charge in [-0.15, -0.1) is 11.3 Å². The lowest BCUT2D eigenvalue weighted by molar-refractivity contribution is 0.845. The molecule has 0 amide bonds. The minimum Gasteiger partial charge on any atom is -0.343 e. The van der Waals surface area contributed by atoms with Gasteiger partial charge in [0.15, 0.2) is 0 Å². The van der Waals surface area contributed by atoms with Crippen molar-refractivity contribution in [2.45, 2.75) is 13.5 Å². The maximum Gasteiger partial charge on any atom is 0.0490 e. The standard InChI is InChI=1S/C18H15NS/c1-13-5-4-7-17-15(13)9-10-19(17)11-14-12-20-18-8-3-2-6-16(14)18/h2-10,12H,11H2,1H3. The number of rotatable bonds is 2. The van der Waals surface area contributed by atoms with Gasteiger partial charge in [-0.1, -0.05) is 30.3 Å². The van der Waals surface area contributed by atoms with Crippen LogP contribution in [-0.2, 0) is 6.54 Å². The molecule has 2 aromatic carbocycles. The predicted octanol–water partition coefficient (Wildman–Crippen LogP) is 5.21. The molecule has 0 N–H and O–H groups in total. The zero-order chi connectivity index (χ0) is 13.5. The van der Waals surface area contributed by atoms with E-state index in [0.717, 1.165) is 6.54 Å². The topological polar surface area (TPSA) is 4.93 Å². The van der Waals surface area contributed by atoms with E-state index in [0.29, 0.717) is 0 Å². The lowest BCUT2D eigenvalue weighted by Gasteiger charge is -2.05. The molecule has 0 saturated carbocycles. The molecule has 2 heterocycles. The summed E-state index contributed by atoms with van der Waals surface area (Å²) in [4.78, 5) is 0. The van der Waals surface area contributed by atoms with Crippen molar-refractivity contribution < 1.29 is 0 Å². The van der Waals surface area contributed by atoms with Crippen LogP contribution in [0.4, 0.5) is 0 Å². The fourth-order valence-corrected chi connectivity index (χ4v) is 3.81. The van der Waals surface area contributed by atoms with Gasteiger partial charge >= 0.3 is 0 Å². The van der Waals surface area contributed by atoms with Crippen LogP contribution in [-0.4, -0.2) is 4.57 Å². The van der Waals surface area contributed by atoms with Crippen molar-refractivity contribution in [3.8, 4) is 0 Å². The maximum absolute atomic E-state index is 2.34. The smallest absolute Gasteiger partial charge is 0.0490 e. The van der Waals surface area contributed by atoms with Crippen LogP contribution in [0.3, 0.4) is 0 Å². The number of benzene rings is 2. The Bertz CT molecular complexity index is 898. The van der Waals surface area contributed by atoms with Crippen molar-refractivity contribution >= 4 is 32.3 Å². The number of fused-ring (bicyclic) bond motifs is 2. The third-order valence-corrected chi connectivity index (χ3v) is 4.95. The molecule has 0 aliphatic heterocycles. The molecule has 0 aliphatic rings. The van der Waals surface area contributed by atoms with Gasteiger partial charge in [-0.3, -0.25) is 0 Å². The van der Waals surface area contributed by atoms with Crippen LogP contribution in [0.2, 0.25) is 0 Å². The summed E-state index contributed by atoms with van der Waals surface area (Å²) in [6.07, 6.45) is 2.20. The third-order valence-electron chi connectivity index (χ3n) is 3.93. The van der Waals surface area contributed by atoms with E-state index in [1.807, 2.05) is 11.3 Å². The van der Waals surface area contributed by atoms with Gasteiger partial charge in [0.1, 0.15) is 0 Å². The molecule has 0 radical (unpaired) electrons. The molecule has 0 unspecified atom stereocenters. The monoisotopic (exact) mass is 277 g/mol. The van der Waals surface area contributed by atoms with Crippen LogP contribution in [0.25, 0.3) is 21.0 Å². The van der Waals surface area contributed by atoms with Gasteiger partial charge < -0.3 is 4.57 Å². The normalized spacial score (nSPS) is 11.4. The highest BCUT2D eigenvalue weighted by molar-refractivity contribution is 7.17. The van der Waals surface area contributed by atoms with Gasteiger partial charge in [0.25, 0.3) is 0 Å². The zero-order valence-corrected chi connectivity index (χ0v) is 12.2. The molecule has 2 aromatic heterocycles. The number of hydrogen-bond donors (Lipinski definition) is 0. The highest BCUT2D eigenvalue weighted by Crippen LogP contribution is 2.28. The van der Waals surface area contributed by atoms with Crippen LogP contribution in [0.15, 0.2) is 60.1 Å². The van der Waals surface area contributed by atoms with E-state index in [4.69, 9.17) is 0 Å². The summed E-state index contributed by atoms with van der Waals surface area (Å²) in [6, 6.07) is 17.4. The summed E-state index contributed by atoms with van der Waals surface area (Å²) < 4.78 is 3.71. The summed E-state index contributed by atoms with van der Waals surface area (Å²) in [5.74, 6) is 0.